The Balaban J connectivity index is 2.05. The predicted molar refractivity (Wildman–Crippen MR) is 87.1 cm³/mol. The van der Waals surface area contributed by atoms with Crippen molar-refractivity contribution in [3.8, 4) is 0 Å². The zero-order chi connectivity index (χ0) is 15.0. The Morgan fingerprint density at radius 3 is 2.67 bits per heavy atom. The van der Waals surface area contributed by atoms with E-state index in [1.807, 2.05) is 29.2 Å². The van der Waals surface area contributed by atoms with Crippen LogP contribution in [0, 0.1) is 0 Å². The van der Waals surface area contributed by atoms with E-state index in [9.17, 15) is 5.11 Å². The van der Waals surface area contributed by atoms with Gasteiger partial charge < -0.3 is 16.6 Å². The Morgan fingerprint density at radius 2 is 2.00 bits per heavy atom. The number of guanidine groups is 2. The smallest absolute Gasteiger partial charge is 0.220 e. The number of nitrogens with two attached hydrogens (primary N) is 2. The molecule has 1 heterocycles. The van der Waals surface area contributed by atoms with Gasteiger partial charge in [-0.2, -0.15) is 4.99 Å². The minimum absolute atomic E-state index is 0.204. The molecule has 6 nitrogen and oxygen atoms in total. The van der Waals surface area contributed by atoms with Gasteiger partial charge in [-0.05, 0) is 43.9 Å². The fourth-order valence-electron chi connectivity index (χ4n) is 3.06. The summed E-state index contributed by atoms with van der Waals surface area (Å²) in [7, 11) is 0. The van der Waals surface area contributed by atoms with Crippen molar-refractivity contribution in [2.45, 2.75) is 37.5 Å². The van der Waals surface area contributed by atoms with Crippen LogP contribution in [0.5, 0.6) is 0 Å². The summed E-state index contributed by atoms with van der Waals surface area (Å²) in [6.07, 6.45) is 2.45. The molecule has 1 aromatic rings. The Kier molecular flexibility index (Phi) is 3.62. The number of anilines is 1. The van der Waals surface area contributed by atoms with Crippen LogP contribution in [0.3, 0.4) is 0 Å². The molecular formula is C14H18BrN5O. The summed E-state index contributed by atoms with van der Waals surface area (Å²) in [5.74, 6) is 0.548. The van der Waals surface area contributed by atoms with Crippen LogP contribution in [-0.4, -0.2) is 28.8 Å². The third kappa shape index (κ3) is 2.63. The van der Waals surface area contributed by atoms with Crippen LogP contribution in [0.15, 0.2) is 38.7 Å². The van der Waals surface area contributed by atoms with E-state index in [-0.39, 0.29) is 12.1 Å². The molecular weight excluding hydrogens is 334 g/mol. The molecule has 1 fully saturated rings. The van der Waals surface area contributed by atoms with E-state index in [1.165, 1.54) is 0 Å². The second-order valence-electron chi connectivity index (χ2n) is 5.47. The van der Waals surface area contributed by atoms with Gasteiger partial charge in [0.05, 0.1) is 6.10 Å². The summed E-state index contributed by atoms with van der Waals surface area (Å²) in [6, 6.07) is 7.85. The summed E-state index contributed by atoms with van der Waals surface area (Å²) in [4.78, 5) is 10.6. The summed E-state index contributed by atoms with van der Waals surface area (Å²) >= 11 is 3.47. The van der Waals surface area contributed by atoms with Gasteiger partial charge in [-0.3, -0.25) is 4.90 Å². The van der Waals surface area contributed by atoms with Crippen LogP contribution in [0.4, 0.5) is 5.69 Å². The Hall–Kier alpha value is -1.60. The maximum Gasteiger partial charge on any atom is 0.220 e. The maximum absolute atomic E-state index is 9.79. The zero-order valence-corrected chi connectivity index (χ0v) is 13.1. The summed E-state index contributed by atoms with van der Waals surface area (Å²) in [5.41, 5.74) is 12.3. The fourth-order valence-corrected chi connectivity index (χ4v) is 3.44. The number of aliphatic hydroxyl groups excluding tert-OH is 1. The summed E-state index contributed by atoms with van der Waals surface area (Å²) in [6.45, 7) is 0. The van der Waals surface area contributed by atoms with E-state index < -0.39 is 5.66 Å². The van der Waals surface area contributed by atoms with Crippen LogP contribution in [-0.2, 0) is 0 Å². The molecule has 0 amide bonds. The van der Waals surface area contributed by atoms with Gasteiger partial charge in [0.1, 0.15) is 5.66 Å². The molecule has 1 aromatic carbocycles. The molecule has 0 bridgehead atoms. The van der Waals surface area contributed by atoms with Crippen molar-refractivity contribution in [3.05, 3.63) is 28.7 Å². The molecule has 1 spiro atoms. The number of hydrogen-bond donors (Lipinski definition) is 3. The quantitative estimate of drug-likeness (QED) is 0.714. The number of nitrogens with zero attached hydrogens (tertiary/aromatic N) is 3. The molecule has 2 aliphatic rings. The first-order valence-electron chi connectivity index (χ1n) is 6.93. The normalized spacial score (nSPS) is 29.2. The number of aliphatic hydroxyl groups is 1. The SMILES string of the molecule is NC1=NC2(CCC(O)CC2)N(c2cccc(Br)c2)C(N)=N1. The molecule has 0 atom stereocenters. The van der Waals surface area contributed by atoms with Crippen molar-refractivity contribution < 1.29 is 5.11 Å². The largest absolute Gasteiger partial charge is 0.393 e. The van der Waals surface area contributed by atoms with Crippen LogP contribution < -0.4 is 16.4 Å². The standard InChI is InChI=1S/C14H18BrN5O/c15-9-2-1-3-10(8-9)20-13(17)18-12(16)19-14(20)6-4-11(21)5-7-14/h1-3,8,11,21H,4-7H2,(H4,16,17,18,19). The third-order valence-corrected chi connectivity index (χ3v) is 4.51. The van der Waals surface area contributed by atoms with E-state index in [1.54, 1.807) is 0 Å². The number of halogens is 1. The molecule has 0 radical (unpaired) electrons. The highest BCUT2D eigenvalue weighted by molar-refractivity contribution is 9.10. The lowest BCUT2D eigenvalue weighted by atomic mass is 9.85. The van der Waals surface area contributed by atoms with Gasteiger partial charge in [-0.15, -0.1) is 0 Å². The molecule has 112 valence electrons. The zero-order valence-electron chi connectivity index (χ0n) is 11.5. The van der Waals surface area contributed by atoms with Crippen molar-refractivity contribution in [1.82, 2.24) is 0 Å². The lowest BCUT2D eigenvalue weighted by molar-refractivity contribution is 0.1000. The van der Waals surface area contributed by atoms with Crippen molar-refractivity contribution in [2.24, 2.45) is 21.5 Å². The molecule has 1 aliphatic heterocycles. The fraction of sp³-hybridized carbons (Fsp3) is 0.429. The van der Waals surface area contributed by atoms with Gasteiger partial charge >= 0.3 is 0 Å². The first-order chi connectivity index (χ1) is 10.00. The Labute approximate surface area is 131 Å². The topological polar surface area (TPSA) is 100 Å². The number of aliphatic imine (C=N–C) groups is 2. The Morgan fingerprint density at radius 1 is 1.29 bits per heavy atom. The second-order valence-corrected chi connectivity index (χ2v) is 6.38. The van der Waals surface area contributed by atoms with Gasteiger partial charge in [0.15, 0.2) is 0 Å². The molecule has 3 rings (SSSR count). The van der Waals surface area contributed by atoms with Crippen LogP contribution in [0.1, 0.15) is 25.7 Å². The second kappa shape index (κ2) is 5.31. The summed E-state index contributed by atoms with van der Waals surface area (Å²) < 4.78 is 0.960. The highest BCUT2D eigenvalue weighted by Gasteiger charge is 2.44. The number of rotatable bonds is 1. The maximum atomic E-state index is 9.79. The summed E-state index contributed by atoms with van der Waals surface area (Å²) in [5, 5.41) is 9.79. The van der Waals surface area contributed by atoms with Crippen LogP contribution in [0.2, 0.25) is 0 Å². The third-order valence-electron chi connectivity index (χ3n) is 4.02. The van der Waals surface area contributed by atoms with E-state index in [2.05, 4.69) is 25.9 Å². The van der Waals surface area contributed by atoms with Gasteiger partial charge in [0.2, 0.25) is 11.9 Å². The number of hydrogen-bond acceptors (Lipinski definition) is 6. The predicted octanol–water partition coefficient (Wildman–Crippen LogP) is 1.53. The molecule has 0 saturated heterocycles. The van der Waals surface area contributed by atoms with Gasteiger partial charge in [-0.1, -0.05) is 22.0 Å². The van der Waals surface area contributed by atoms with E-state index in [0.717, 1.165) is 10.2 Å². The first kappa shape index (κ1) is 14.3. The van der Waals surface area contributed by atoms with Gasteiger partial charge in [0.25, 0.3) is 0 Å². The highest BCUT2D eigenvalue weighted by atomic mass is 79.9. The number of benzene rings is 1. The minimum atomic E-state index is -0.546. The first-order valence-corrected chi connectivity index (χ1v) is 7.73. The molecule has 21 heavy (non-hydrogen) atoms. The average molecular weight is 352 g/mol. The van der Waals surface area contributed by atoms with E-state index in [4.69, 9.17) is 11.5 Å². The Bertz CT molecular complexity index is 607. The molecule has 7 heteroatoms. The minimum Gasteiger partial charge on any atom is -0.393 e. The lowest BCUT2D eigenvalue weighted by Crippen LogP contribution is -2.59. The molecule has 1 aliphatic carbocycles. The lowest BCUT2D eigenvalue weighted by Gasteiger charge is -2.46. The molecule has 5 N–H and O–H groups in total. The van der Waals surface area contributed by atoms with Crippen LogP contribution in [0.25, 0.3) is 0 Å². The van der Waals surface area contributed by atoms with Crippen LogP contribution >= 0.6 is 15.9 Å². The van der Waals surface area contributed by atoms with Crippen molar-refractivity contribution in [1.29, 1.82) is 0 Å². The van der Waals surface area contributed by atoms with E-state index in [0.29, 0.717) is 31.6 Å². The van der Waals surface area contributed by atoms with Gasteiger partial charge in [0, 0.05) is 10.2 Å². The molecule has 0 aromatic heterocycles. The van der Waals surface area contributed by atoms with E-state index >= 15 is 0 Å². The average Bonchev–Trinajstić information content (AvgIpc) is 2.41. The van der Waals surface area contributed by atoms with Gasteiger partial charge in [-0.25, -0.2) is 4.99 Å². The molecule has 1 saturated carbocycles. The van der Waals surface area contributed by atoms with Crippen molar-refractivity contribution in [3.63, 3.8) is 0 Å². The van der Waals surface area contributed by atoms with Crippen molar-refractivity contribution in [2.75, 3.05) is 4.90 Å². The monoisotopic (exact) mass is 351 g/mol. The highest BCUT2D eigenvalue weighted by Crippen LogP contribution is 2.39. The van der Waals surface area contributed by atoms with Crippen molar-refractivity contribution >= 4 is 33.5 Å². The molecule has 0 unspecified atom stereocenters.